The maximum Gasteiger partial charge on any atom is 0.236 e. The lowest BCUT2D eigenvalue weighted by molar-refractivity contribution is -0.129. The first kappa shape index (κ1) is 17.9. The molecule has 27 heavy (non-hydrogen) atoms. The minimum absolute atomic E-state index is 0.00903. The van der Waals surface area contributed by atoms with Gasteiger partial charge < -0.3 is 10.2 Å². The summed E-state index contributed by atoms with van der Waals surface area (Å²) in [4.78, 5) is 14.4. The monoisotopic (exact) mass is 368 g/mol. The summed E-state index contributed by atoms with van der Waals surface area (Å²) in [5.41, 5.74) is 1.93. The number of nitrogens with one attached hydrogen (secondary N) is 1. The van der Waals surface area contributed by atoms with Crippen LogP contribution < -0.4 is 5.32 Å². The van der Waals surface area contributed by atoms with Crippen LogP contribution in [0.15, 0.2) is 54.6 Å². The predicted molar refractivity (Wildman–Crippen MR) is 101 cm³/mol. The Hall–Kier alpha value is -2.53. The van der Waals surface area contributed by atoms with Crippen LogP contribution in [0, 0.1) is 11.6 Å². The summed E-state index contributed by atoms with van der Waals surface area (Å²) in [5.74, 6) is -1.02. The van der Waals surface area contributed by atoms with Gasteiger partial charge in [0, 0.05) is 30.6 Å². The number of rotatable bonds is 5. The first-order valence-electron chi connectivity index (χ1n) is 9.32. The number of amides is 1. The van der Waals surface area contributed by atoms with E-state index in [0.717, 1.165) is 30.5 Å². The van der Waals surface area contributed by atoms with E-state index in [-0.39, 0.29) is 30.5 Å². The zero-order valence-corrected chi connectivity index (χ0v) is 15.0. The quantitative estimate of drug-likeness (QED) is 0.872. The van der Waals surface area contributed by atoms with E-state index in [2.05, 4.69) is 5.32 Å². The molecule has 1 unspecified atom stereocenters. The zero-order chi connectivity index (χ0) is 18.8. The second-order valence-corrected chi connectivity index (χ2v) is 7.26. The lowest BCUT2D eigenvalue weighted by Gasteiger charge is -2.33. The molecule has 2 aliphatic rings. The molecular weight excluding hydrogens is 346 g/mol. The summed E-state index contributed by atoms with van der Waals surface area (Å²) >= 11 is 0. The van der Waals surface area contributed by atoms with Gasteiger partial charge in [-0.3, -0.25) is 4.79 Å². The molecule has 0 aromatic heterocycles. The fourth-order valence-electron chi connectivity index (χ4n) is 3.50. The molecule has 2 aromatic carbocycles. The van der Waals surface area contributed by atoms with Gasteiger partial charge in [0.25, 0.3) is 0 Å². The van der Waals surface area contributed by atoms with Crippen molar-refractivity contribution in [1.82, 2.24) is 10.2 Å². The fraction of sp³-hybridized carbons (Fsp3) is 0.318. The molecule has 140 valence electrons. The highest BCUT2D eigenvalue weighted by molar-refractivity contribution is 5.82. The van der Waals surface area contributed by atoms with Crippen LogP contribution in [0.5, 0.6) is 0 Å². The van der Waals surface area contributed by atoms with Gasteiger partial charge in [0.05, 0.1) is 6.54 Å². The van der Waals surface area contributed by atoms with Crippen molar-refractivity contribution in [2.75, 3.05) is 19.6 Å². The van der Waals surface area contributed by atoms with E-state index in [0.29, 0.717) is 18.2 Å². The molecule has 1 amide bonds. The minimum Gasteiger partial charge on any atom is -0.336 e. The van der Waals surface area contributed by atoms with Gasteiger partial charge in [-0.2, -0.15) is 0 Å². The first-order valence-corrected chi connectivity index (χ1v) is 9.32. The molecule has 0 bridgehead atoms. The van der Waals surface area contributed by atoms with Crippen molar-refractivity contribution in [1.29, 1.82) is 0 Å². The lowest BCUT2D eigenvalue weighted by Crippen LogP contribution is -2.43. The zero-order valence-electron chi connectivity index (χ0n) is 15.0. The average molecular weight is 368 g/mol. The van der Waals surface area contributed by atoms with Crippen LogP contribution >= 0.6 is 0 Å². The first-order chi connectivity index (χ1) is 13.1. The highest BCUT2D eigenvalue weighted by atomic mass is 19.1. The summed E-state index contributed by atoms with van der Waals surface area (Å²) < 4.78 is 28.1. The van der Waals surface area contributed by atoms with E-state index in [1.807, 2.05) is 36.4 Å². The van der Waals surface area contributed by atoms with Crippen molar-refractivity contribution in [3.63, 3.8) is 0 Å². The average Bonchev–Trinajstić information content (AvgIpc) is 3.53. The maximum atomic E-state index is 14.4. The van der Waals surface area contributed by atoms with Crippen LogP contribution in [-0.2, 0) is 4.79 Å². The molecule has 0 saturated heterocycles. The Morgan fingerprint density at radius 1 is 1.11 bits per heavy atom. The fourth-order valence-corrected chi connectivity index (χ4v) is 3.50. The topological polar surface area (TPSA) is 32.3 Å². The third-order valence-corrected chi connectivity index (χ3v) is 5.15. The minimum atomic E-state index is -0.484. The lowest BCUT2D eigenvalue weighted by atomic mass is 9.89. The largest absolute Gasteiger partial charge is 0.336 e. The number of halogens is 2. The number of benzene rings is 2. The normalized spacial score (nSPS) is 19.7. The van der Waals surface area contributed by atoms with E-state index in [9.17, 15) is 13.6 Å². The molecule has 1 heterocycles. The van der Waals surface area contributed by atoms with E-state index in [4.69, 9.17) is 0 Å². The van der Waals surface area contributed by atoms with Gasteiger partial charge in [-0.15, -0.1) is 0 Å². The van der Waals surface area contributed by atoms with E-state index < -0.39 is 11.6 Å². The van der Waals surface area contributed by atoms with Gasteiger partial charge in [-0.25, -0.2) is 8.78 Å². The molecule has 1 aliphatic carbocycles. The third kappa shape index (κ3) is 4.25. The Labute approximate surface area is 157 Å². The van der Waals surface area contributed by atoms with Crippen molar-refractivity contribution in [3.8, 4) is 0 Å². The van der Waals surface area contributed by atoms with Crippen LogP contribution in [-0.4, -0.2) is 36.5 Å². The smallest absolute Gasteiger partial charge is 0.236 e. The second kappa shape index (κ2) is 7.61. The van der Waals surface area contributed by atoms with Crippen molar-refractivity contribution < 1.29 is 13.6 Å². The Bertz CT molecular complexity index is 862. The van der Waals surface area contributed by atoms with Crippen molar-refractivity contribution in [2.24, 2.45) is 0 Å². The van der Waals surface area contributed by atoms with Gasteiger partial charge in [-0.05, 0) is 42.2 Å². The van der Waals surface area contributed by atoms with Crippen LogP contribution in [0.25, 0.3) is 5.57 Å². The van der Waals surface area contributed by atoms with Gasteiger partial charge in [0.15, 0.2) is 0 Å². The Balaban J connectivity index is 1.63. The van der Waals surface area contributed by atoms with Crippen molar-refractivity contribution >= 4 is 11.5 Å². The van der Waals surface area contributed by atoms with Crippen LogP contribution in [0.1, 0.15) is 29.9 Å². The standard InChI is InChI=1S/C22H22F2N2O/c23-18-6-9-21(24)20(11-18)17-10-16(15-4-2-1-3-5-15)13-26(14-17)22(27)12-25-19-7-8-19/h1-6,9-11,16,19,25H,7-8,12-14H2. The summed E-state index contributed by atoms with van der Waals surface area (Å²) in [5, 5.41) is 3.24. The second-order valence-electron chi connectivity index (χ2n) is 7.26. The molecule has 4 rings (SSSR count). The van der Waals surface area contributed by atoms with E-state index >= 15 is 0 Å². The van der Waals surface area contributed by atoms with E-state index in [1.54, 1.807) is 4.90 Å². The number of nitrogens with zero attached hydrogens (tertiary/aromatic N) is 1. The van der Waals surface area contributed by atoms with Crippen LogP contribution in [0.4, 0.5) is 8.78 Å². The van der Waals surface area contributed by atoms with Crippen molar-refractivity contribution in [3.05, 3.63) is 77.4 Å². The molecule has 1 saturated carbocycles. The maximum absolute atomic E-state index is 14.4. The van der Waals surface area contributed by atoms with Gasteiger partial charge in [0.1, 0.15) is 11.6 Å². The molecule has 5 heteroatoms. The number of carbonyl (C=O) groups is 1. The van der Waals surface area contributed by atoms with Gasteiger partial charge in [-0.1, -0.05) is 36.4 Å². The Kier molecular flexibility index (Phi) is 5.03. The molecule has 0 radical (unpaired) electrons. The Morgan fingerprint density at radius 3 is 2.63 bits per heavy atom. The Morgan fingerprint density at radius 2 is 1.89 bits per heavy atom. The van der Waals surface area contributed by atoms with Gasteiger partial charge in [0.2, 0.25) is 5.91 Å². The molecule has 1 fully saturated rings. The molecule has 3 nitrogen and oxygen atoms in total. The number of hydrogen-bond donors (Lipinski definition) is 1. The van der Waals surface area contributed by atoms with Crippen LogP contribution in [0.3, 0.4) is 0 Å². The van der Waals surface area contributed by atoms with Crippen molar-refractivity contribution in [2.45, 2.75) is 24.8 Å². The summed E-state index contributed by atoms with van der Waals surface area (Å²) in [7, 11) is 0. The highest BCUT2D eigenvalue weighted by Crippen LogP contribution is 2.31. The molecule has 0 spiro atoms. The van der Waals surface area contributed by atoms with Gasteiger partial charge >= 0.3 is 0 Å². The predicted octanol–water partition coefficient (Wildman–Crippen LogP) is 3.73. The molecule has 1 N–H and O–H groups in total. The molecule has 2 aromatic rings. The number of carbonyl (C=O) groups excluding carboxylic acids is 1. The number of hydrogen-bond acceptors (Lipinski definition) is 2. The summed E-state index contributed by atoms with van der Waals surface area (Å²) in [6.07, 6.45) is 4.18. The molecule has 1 atom stereocenters. The SMILES string of the molecule is O=C(CNC1CC1)N1CC(c2cc(F)ccc2F)=CC(c2ccccc2)C1. The third-order valence-electron chi connectivity index (χ3n) is 5.15. The van der Waals surface area contributed by atoms with Crippen LogP contribution in [0.2, 0.25) is 0 Å². The highest BCUT2D eigenvalue weighted by Gasteiger charge is 2.28. The molecular formula is C22H22F2N2O. The molecule has 1 aliphatic heterocycles. The summed E-state index contributed by atoms with van der Waals surface area (Å²) in [6, 6.07) is 13.7. The summed E-state index contributed by atoms with van der Waals surface area (Å²) in [6.45, 7) is 1.11. The van der Waals surface area contributed by atoms with E-state index in [1.165, 1.54) is 6.07 Å².